The summed E-state index contributed by atoms with van der Waals surface area (Å²) < 4.78 is 0. The average molecular weight is 285 g/mol. The predicted octanol–water partition coefficient (Wildman–Crippen LogP) is 4.67. The number of alkyl halides is 1. The number of nitrogens with one attached hydrogen (secondary N) is 1. The number of H-pyrrole nitrogens is 1. The van der Waals surface area contributed by atoms with E-state index in [1.807, 2.05) is 19.1 Å². The largest absolute Gasteiger partial charge is 0.342 e. The van der Waals surface area contributed by atoms with E-state index in [9.17, 15) is 0 Å². The fourth-order valence-corrected chi connectivity index (χ4v) is 2.17. The molecule has 0 saturated carbocycles. The normalized spacial score (nSPS) is 12.0. The molecule has 0 amide bonds. The third-order valence-corrected chi connectivity index (χ3v) is 3.15. The fourth-order valence-electron chi connectivity index (χ4n) is 1.99. The number of aryl methyl sites for hydroxylation is 2. The first-order valence-electron chi connectivity index (χ1n) is 5.92. The second-order valence-corrected chi connectivity index (χ2v) is 4.89. The molecular formula is C14H18Cl2N2. The minimum absolute atomic E-state index is 0. The van der Waals surface area contributed by atoms with Gasteiger partial charge < -0.3 is 4.98 Å². The van der Waals surface area contributed by atoms with Crippen LogP contribution in [0.4, 0.5) is 0 Å². The monoisotopic (exact) mass is 284 g/mol. The second-order valence-electron chi connectivity index (χ2n) is 4.23. The molecule has 1 N–H and O–H groups in total. The third-order valence-electron chi connectivity index (χ3n) is 2.94. The van der Waals surface area contributed by atoms with E-state index in [2.05, 4.69) is 35.9 Å². The molecule has 1 aromatic carbocycles. The Bertz CT molecular complexity index is 518. The van der Waals surface area contributed by atoms with E-state index in [1.54, 1.807) is 0 Å². The lowest BCUT2D eigenvalue weighted by molar-refractivity contribution is 0.953. The van der Waals surface area contributed by atoms with Crippen LogP contribution in [0.5, 0.6) is 0 Å². The molecule has 0 aliphatic heterocycles. The molecule has 1 atom stereocenters. The molecule has 0 aliphatic carbocycles. The van der Waals surface area contributed by atoms with Crippen LogP contribution in [0, 0.1) is 6.92 Å². The molecule has 0 spiro atoms. The quantitative estimate of drug-likeness (QED) is 0.816. The molecule has 2 nitrogen and oxygen atoms in total. The van der Waals surface area contributed by atoms with Crippen LogP contribution in [0.25, 0.3) is 11.4 Å². The second kappa shape index (κ2) is 6.26. The van der Waals surface area contributed by atoms with Crippen molar-refractivity contribution in [2.45, 2.75) is 32.6 Å². The fraction of sp³-hybridized carbons (Fsp3) is 0.357. The highest BCUT2D eigenvalue weighted by atomic mass is 35.5. The van der Waals surface area contributed by atoms with Gasteiger partial charge in [-0.3, -0.25) is 0 Å². The lowest BCUT2D eigenvalue weighted by Crippen LogP contribution is -1.91. The van der Waals surface area contributed by atoms with Gasteiger partial charge in [-0.25, -0.2) is 4.98 Å². The summed E-state index contributed by atoms with van der Waals surface area (Å²) in [6, 6.07) is 8.23. The van der Waals surface area contributed by atoms with Crippen molar-refractivity contribution in [3.8, 4) is 11.4 Å². The summed E-state index contributed by atoms with van der Waals surface area (Å²) in [4.78, 5) is 8.00. The molecule has 98 valence electrons. The molecule has 0 bridgehead atoms. The van der Waals surface area contributed by atoms with Gasteiger partial charge in [-0.15, -0.1) is 24.0 Å². The Kier molecular flexibility index (Phi) is 5.24. The van der Waals surface area contributed by atoms with Crippen molar-refractivity contribution in [1.82, 2.24) is 9.97 Å². The van der Waals surface area contributed by atoms with Crippen molar-refractivity contribution < 1.29 is 0 Å². The summed E-state index contributed by atoms with van der Waals surface area (Å²) in [6.07, 6.45) is 0.922. The number of imidazole rings is 1. The summed E-state index contributed by atoms with van der Waals surface area (Å²) in [5, 5.41) is -0.0565. The van der Waals surface area contributed by atoms with Gasteiger partial charge in [0.05, 0.1) is 11.1 Å². The van der Waals surface area contributed by atoms with Crippen molar-refractivity contribution in [2.24, 2.45) is 0 Å². The van der Waals surface area contributed by atoms with Crippen molar-refractivity contribution in [3.63, 3.8) is 0 Å². The maximum atomic E-state index is 6.15. The van der Waals surface area contributed by atoms with Gasteiger partial charge in [0, 0.05) is 11.3 Å². The van der Waals surface area contributed by atoms with Crippen LogP contribution < -0.4 is 0 Å². The highest BCUT2D eigenvalue weighted by Gasteiger charge is 2.14. The molecule has 1 unspecified atom stereocenters. The highest BCUT2D eigenvalue weighted by molar-refractivity contribution is 6.20. The van der Waals surface area contributed by atoms with Crippen LogP contribution in [0.2, 0.25) is 0 Å². The van der Waals surface area contributed by atoms with Crippen LogP contribution in [-0.4, -0.2) is 9.97 Å². The number of rotatable bonds is 3. The number of benzene rings is 1. The maximum Gasteiger partial charge on any atom is 0.138 e. The molecule has 0 radical (unpaired) electrons. The summed E-state index contributed by atoms with van der Waals surface area (Å²) in [7, 11) is 0. The Morgan fingerprint density at radius 1 is 1.33 bits per heavy atom. The standard InChI is InChI=1S/C14H17ClN2.ClH/c1-4-12-13(10(3)15)17-14(16-12)11-8-6-5-7-9(11)2;/h5-8,10H,4H2,1-3H3,(H,16,17);1H. The topological polar surface area (TPSA) is 28.7 Å². The lowest BCUT2D eigenvalue weighted by atomic mass is 10.1. The van der Waals surface area contributed by atoms with Crippen LogP contribution in [0.3, 0.4) is 0 Å². The Morgan fingerprint density at radius 3 is 2.50 bits per heavy atom. The average Bonchev–Trinajstić information content (AvgIpc) is 2.73. The minimum atomic E-state index is -0.0565. The molecule has 1 heterocycles. The summed E-state index contributed by atoms with van der Waals surface area (Å²) in [6.45, 7) is 6.16. The number of hydrogen-bond donors (Lipinski definition) is 1. The molecule has 2 rings (SSSR count). The van der Waals surface area contributed by atoms with E-state index in [1.165, 1.54) is 5.56 Å². The number of aromatic nitrogens is 2. The molecule has 0 fully saturated rings. The number of aromatic amines is 1. The Morgan fingerprint density at radius 2 is 2.00 bits per heavy atom. The van der Waals surface area contributed by atoms with Gasteiger partial charge in [-0.2, -0.15) is 0 Å². The van der Waals surface area contributed by atoms with Gasteiger partial charge in [-0.05, 0) is 25.8 Å². The predicted molar refractivity (Wildman–Crippen MR) is 79.7 cm³/mol. The van der Waals surface area contributed by atoms with E-state index in [4.69, 9.17) is 11.6 Å². The van der Waals surface area contributed by atoms with Crippen LogP contribution in [0.1, 0.15) is 36.2 Å². The van der Waals surface area contributed by atoms with E-state index in [0.29, 0.717) is 0 Å². The van der Waals surface area contributed by atoms with Crippen LogP contribution in [0.15, 0.2) is 24.3 Å². The van der Waals surface area contributed by atoms with Gasteiger partial charge in [0.1, 0.15) is 5.82 Å². The summed E-state index contributed by atoms with van der Waals surface area (Å²) in [5.74, 6) is 0.919. The van der Waals surface area contributed by atoms with E-state index in [-0.39, 0.29) is 17.8 Å². The van der Waals surface area contributed by atoms with Crippen molar-refractivity contribution >= 4 is 24.0 Å². The van der Waals surface area contributed by atoms with Gasteiger partial charge >= 0.3 is 0 Å². The maximum absolute atomic E-state index is 6.15. The first kappa shape index (κ1) is 15.1. The highest BCUT2D eigenvalue weighted by Crippen LogP contribution is 2.27. The van der Waals surface area contributed by atoms with Gasteiger partial charge in [0.15, 0.2) is 0 Å². The Balaban J connectivity index is 0.00000162. The van der Waals surface area contributed by atoms with Crippen molar-refractivity contribution in [1.29, 1.82) is 0 Å². The molecule has 4 heteroatoms. The zero-order chi connectivity index (χ0) is 12.4. The van der Waals surface area contributed by atoms with E-state index in [0.717, 1.165) is 29.2 Å². The number of halogens is 2. The molecule has 1 aromatic heterocycles. The van der Waals surface area contributed by atoms with Crippen LogP contribution in [-0.2, 0) is 6.42 Å². The SMILES string of the molecule is CCc1[nH]c(-c2ccccc2C)nc1C(C)Cl.Cl. The first-order valence-corrected chi connectivity index (χ1v) is 6.36. The first-order chi connectivity index (χ1) is 8.13. The van der Waals surface area contributed by atoms with Gasteiger partial charge in [0.2, 0.25) is 0 Å². The molecule has 2 aromatic rings. The lowest BCUT2D eigenvalue weighted by Gasteiger charge is -2.00. The number of hydrogen-bond acceptors (Lipinski definition) is 1. The zero-order valence-corrected chi connectivity index (χ0v) is 12.4. The molecule has 18 heavy (non-hydrogen) atoms. The van der Waals surface area contributed by atoms with Crippen molar-refractivity contribution in [2.75, 3.05) is 0 Å². The van der Waals surface area contributed by atoms with Crippen molar-refractivity contribution in [3.05, 3.63) is 41.2 Å². The minimum Gasteiger partial charge on any atom is -0.342 e. The van der Waals surface area contributed by atoms with E-state index >= 15 is 0 Å². The summed E-state index contributed by atoms with van der Waals surface area (Å²) in [5.41, 5.74) is 4.46. The van der Waals surface area contributed by atoms with Crippen LogP contribution >= 0.6 is 24.0 Å². The Labute approximate surface area is 119 Å². The third kappa shape index (κ3) is 2.88. The molecular weight excluding hydrogens is 267 g/mol. The molecule has 0 aliphatic rings. The number of nitrogens with zero attached hydrogens (tertiary/aromatic N) is 1. The van der Waals surface area contributed by atoms with E-state index < -0.39 is 0 Å². The zero-order valence-electron chi connectivity index (χ0n) is 10.8. The summed E-state index contributed by atoms with van der Waals surface area (Å²) >= 11 is 6.15. The van der Waals surface area contributed by atoms with Gasteiger partial charge in [-0.1, -0.05) is 31.2 Å². The smallest absolute Gasteiger partial charge is 0.138 e. The Hall–Kier alpha value is -0.990. The van der Waals surface area contributed by atoms with Gasteiger partial charge in [0.25, 0.3) is 0 Å². The molecule has 0 saturated heterocycles.